The quantitative estimate of drug-likeness (QED) is 0.207. The molecule has 2 aliphatic rings. The maximum absolute atomic E-state index is 13.6. The number of morpholine rings is 1. The Morgan fingerprint density at radius 3 is 2.60 bits per heavy atom. The van der Waals surface area contributed by atoms with Crippen molar-refractivity contribution in [2.24, 2.45) is 5.92 Å². The van der Waals surface area contributed by atoms with Crippen molar-refractivity contribution in [1.29, 1.82) is 0 Å². The molecule has 0 saturated carbocycles. The topological polar surface area (TPSA) is 145 Å². The largest absolute Gasteiger partial charge is 0.493 e. The monoisotopic (exact) mass is 655 g/mol. The Morgan fingerprint density at radius 2 is 1.85 bits per heavy atom. The van der Waals surface area contributed by atoms with Crippen LogP contribution in [0, 0.1) is 5.92 Å². The van der Waals surface area contributed by atoms with Crippen molar-refractivity contribution in [3.05, 3.63) is 82.0 Å². The van der Waals surface area contributed by atoms with Gasteiger partial charge >= 0.3 is 0 Å². The molecule has 0 spiro atoms. The molecule has 2 N–H and O–H groups in total. The molecule has 252 valence electrons. The number of carbonyl (C=O) groups is 2. The molecule has 6 rings (SSSR count). The summed E-state index contributed by atoms with van der Waals surface area (Å²) < 4.78 is 19.0. The van der Waals surface area contributed by atoms with Crippen LogP contribution in [-0.2, 0) is 11.2 Å². The smallest absolute Gasteiger partial charge is 0.264 e. The summed E-state index contributed by atoms with van der Waals surface area (Å²) in [6.45, 7) is 8.56. The second-order valence-corrected chi connectivity index (χ2v) is 12.4. The summed E-state index contributed by atoms with van der Waals surface area (Å²) in [6.07, 6.45) is 5.55. The number of hydrogen-bond acceptors (Lipinski definition) is 10. The summed E-state index contributed by atoms with van der Waals surface area (Å²) in [5.74, 6) is 1.07. The highest BCUT2D eigenvalue weighted by atomic mass is 16.5. The van der Waals surface area contributed by atoms with Gasteiger partial charge in [0.2, 0.25) is 0 Å². The average Bonchev–Trinajstić information content (AvgIpc) is 3.09. The Kier molecular flexibility index (Phi) is 10.4. The molecule has 3 aromatic heterocycles. The van der Waals surface area contributed by atoms with Gasteiger partial charge in [-0.25, -0.2) is 4.98 Å². The molecule has 4 heterocycles. The van der Waals surface area contributed by atoms with Gasteiger partial charge in [0.05, 0.1) is 44.2 Å². The number of amides is 1. The molecule has 0 radical (unpaired) electrons. The number of aliphatic hydroxyl groups excluding tert-OH is 1. The Morgan fingerprint density at radius 1 is 1.04 bits per heavy atom. The normalized spacial score (nSPS) is 15.7. The van der Waals surface area contributed by atoms with Crippen molar-refractivity contribution in [3.63, 3.8) is 0 Å². The molecule has 1 amide bonds. The summed E-state index contributed by atoms with van der Waals surface area (Å²) in [6, 6.07) is 11.5. The summed E-state index contributed by atoms with van der Waals surface area (Å²) >= 11 is 0. The van der Waals surface area contributed by atoms with E-state index in [0.717, 1.165) is 55.9 Å². The predicted molar refractivity (Wildman–Crippen MR) is 180 cm³/mol. The minimum Gasteiger partial charge on any atom is -0.493 e. The lowest BCUT2D eigenvalue weighted by atomic mass is 9.91. The Balaban J connectivity index is 1.13. The van der Waals surface area contributed by atoms with Crippen molar-refractivity contribution in [3.8, 4) is 17.2 Å². The molecule has 1 aliphatic heterocycles. The Bertz CT molecular complexity index is 1830. The average molecular weight is 656 g/mol. The molecule has 1 atom stereocenters. The van der Waals surface area contributed by atoms with Crippen molar-refractivity contribution in [2.75, 3.05) is 51.4 Å². The zero-order valence-corrected chi connectivity index (χ0v) is 27.3. The SMILES string of the molecule is CC(C)[C@@H](CO)n1c2c(cc(C(=O)Nc3ccc(Oc4ccnc5cc(OCCCN6CCOCC6)ccc45)cn3)c1=O)C(=O)CCC2. The minimum absolute atomic E-state index is 0.0926. The summed E-state index contributed by atoms with van der Waals surface area (Å²) in [4.78, 5) is 51.0. The standard InChI is InChI=1S/C36H41N5O7/c1-23(2)31(22-42)41-30-5-3-6-32(43)27(30)20-28(36(41)45)35(44)39-34-10-8-25(21-38-34)48-33-11-12-37-29-19-24(7-9-26(29)33)47-16-4-13-40-14-17-46-18-15-40/h7-12,19-21,23,31,42H,3-6,13-18,22H2,1-2H3,(H,38,39,44)/t31-/m1/s1. The van der Waals surface area contributed by atoms with Crippen LogP contribution in [0.4, 0.5) is 5.82 Å². The van der Waals surface area contributed by atoms with E-state index in [-0.39, 0.29) is 29.7 Å². The van der Waals surface area contributed by atoms with Gasteiger partial charge < -0.3 is 29.2 Å². The van der Waals surface area contributed by atoms with Gasteiger partial charge in [-0.3, -0.25) is 24.3 Å². The number of nitrogens with one attached hydrogen (secondary N) is 1. The van der Waals surface area contributed by atoms with Crippen LogP contribution in [0.3, 0.4) is 0 Å². The third kappa shape index (κ3) is 7.40. The number of hydrogen-bond donors (Lipinski definition) is 2. The fourth-order valence-corrected chi connectivity index (χ4v) is 6.23. The van der Waals surface area contributed by atoms with Gasteiger partial charge in [0.1, 0.15) is 28.6 Å². The molecule has 1 fully saturated rings. The van der Waals surface area contributed by atoms with Crippen LogP contribution < -0.4 is 20.3 Å². The van der Waals surface area contributed by atoms with Crippen LogP contribution in [0.25, 0.3) is 10.9 Å². The molecule has 12 heteroatoms. The highest BCUT2D eigenvalue weighted by molar-refractivity contribution is 6.06. The molecular weight excluding hydrogens is 614 g/mol. The lowest BCUT2D eigenvalue weighted by Crippen LogP contribution is -2.39. The van der Waals surface area contributed by atoms with Crippen LogP contribution in [0.15, 0.2) is 59.7 Å². The number of rotatable bonds is 12. The predicted octanol–water partition coefficient (Wildman–Crippen LogP) is 4.65. The van der Waals surface area contributed by atoms with Crippen LogP contribution in [0.2, 0.25) is 0 Å². The molecule has 48 heavy (non-hydrogen) atoms. The second kappa shape index (κ2) is 15.1. The molecule has 1 aliphatic carbocycles. The minimum atomic E-state index is -0.684. The van der Waals surface area contributed by atoms with Gasteiger partial charge in [0, 0.05) is 55.0 Å². The highest BCUT2D eigenvalue weighted by Gasteiger charge is 2.29. The summed E-state index contributed by atoms with van der Waals surface area (Å²) in [5.41, 5.74) is 0.944. The van der Waals surface area contributed by atoms with Crippen molar-refractivity contribution < 1.29 is 28.9 Å². The van der Waals surface area contributed by atoms with Crippen LogP contribution in [0.1, 0.15) is 65.6 Å². The van der Waals surface area contributed by atoms with Gasteiger partial charge in [0.25, 0.3) is 11.5 Å². The number of benzene rings is 1. The van der Waals surface area contributed by atoms with Crippen LogP contribution in [0.5, 0.6) is 17.2 Å². The van der Waals surface area contributed by atoms with Crippen molar-refractivity contribution in [2.45, 2.75) is 45.6 Å². The Labute approximate surface area is 278 Å². The first-order valence-corrected chi connectivity index (χ1v) is 16.5. The van der Waals surface area contributed by atoms with E-state index in [2.05, 4.69) is 20.2 Å². The van der Waals surface area contributed by atoms with Gasteiger partial charge in [0.15, 0.2) is 5.78 Å². The van der Waals surface area contributed by atoms with E-state index in [0.29, 0.717) is 48.6 Å². The second-order valence-electron chi connectivity index (χ2n) is 12.4. The molecule has 0 unspecified atom stereocenters. The third-order valence-electron chi connectivity index (χ3n) is 8.86. The molecule has 1 saturated heterocycles. The molecule has 12 nitrogen and oxygen atoms in total. The number of fused-ring (bicyclic) bond motifs is 2. The van der Waals surface area contributed by atoms with E-state index in [4.69, 9.17) is 14.2 Å². The van der Waals surface area contributed by atoms with Crippen LogP contribution in [-0.4, -0.2) is 82.3 Å². The number of ether oxygens (including phenoxy) is 3. The number of anilines is 1. The molecule has 0 bridgehead atoms. The van der Waals surface area contributed by atoms with Gasteiger partial charge in [-0.15, -0.1) is 0 Å². The van der Waals surface area contributed by atoms with Gasteiger partial charge in [-0.05, 0) is 61.6 Å². The number of carbonyl (C=O) groups excluding carboxylic acids is 2. The van der Waals surface area contributed by atoms with E-state index in [1.165, 1.54) is 16.8 Å². The van der Waals surface area contributed by atoms with E-state index in [1.807, 2.05) is 32.0 Å². The number of aliphatic hydroxyl groups is 1. The lowest BCUT2D eigenvalue weighted by molar-refractivity contribution is 0.0358. The highest BCUT2D eigenvalue weighted by Crippen LogP contribution is 2.31. The zero-order valence-electron chi connectivity index (χ0n) is 27.3. The first-order chi connectivity index (χ1) is 23.3. The van der Waals surface area contributed by atoms with Crippen molar-refractivity contribution in [1.82, 2.24) is 19.4 Å². The van der Waals surface area contributed by atoms with E-state index in [9.17, 15) is 19.5 Å². The first-order valence-electron chi connectivity index (χ1n) is 16.5. The van der Waals surface area contributed by atoms with Gasteiger partial charge in [-0.1, -0.05) is 13.8 Å². The van der Waals surface area contributed by atoms with Gasteiger partial charge in [-0.2, -0.15) is 0 Å². The lowest BCUT2D eigenvalue weighted by Gasteiger charge is -2.28. The van der Waals surface area contributed by atoms with E-state index in [1.54, 1.807) is 24.4 Å². The summed E-state index contributed by atoms with van der Waals surface area (Å²) in [5, 5.41) is 13.6. The Hall–Kier alpha value is -4.65. The molecular formula is C36H41N5O7. The molecule has 4 aromatic rings. The fourth-order valence-electron chi connectivity index (χ4n) is 6.23. The number of Topliss-reactive ketones (excluding diaryl/α,β-unsaturated/α-hetero) is 1. The fraction of sp³-hybridized carbons (Fsp3) is 0.417. The number of nitrogens with zero attached hydrogens (tertiary/aromatic N) is 4. The maximum atomic E-state index is 13.6. The zero-order chi connectivity index (χ0) is 33.6. The van der Waals surface area contributed by atoms with Crippen LogP contribution >= 0.6 is 0 Å². The van der Waals surface area contributed by atoms with E-state index >= 15 is 0 Å². The number of pyridine rings is 3. The maximum Gasteiger partial charge on any atom is 0.264 e. The first kappa shape index (κ1) is 33.3. The summed E-state index contributed by atoms with van der Waals surface area (Å²) in [7, 11) is 0. The van der Waals surface area contributed by atoms with E-state index < -0.39 is 17.5 Å². The number of ketones is 1. The third-order valence-corrected chi connectivity index (χ3v) is 8.86. The molecule has 1 aromatic carbocycles. The number of aromatic nitrogens is 3. The van der Waals surface area contributed by atoms with Crippen molar-refractivity contribution >= 4 is 28.4 Å².